The standard InChI is InChI=1S/C23H23FN4O2/c1-3-19-20(13-25-15(2)27-19)30-14-23(16-7-5-4-6-8-16)11-18(23)22(29)28-21-10-9-17(24)12-26-21/h4-10,12-13,18H,3,11,14H2,1-2H3,(H,26,28,29)/t18-,23+/m0/s1. The van der Waals surface area contributed by atoms with Crippen molar-refractivity contribution in [3.63, 3.8) is 0 Å². The summed E-state index contributed by atoms with van der Waals surface area (Å²) in [6.07, 6.45) is 4.16. The van der Waals surface area contributed by atoms with Crippen molar-refractivity contribution in [2.75, 3.05) is 11.9 Å². The topological polar surface area (TPSA) is 77.0 Å². The Labute approximate surface area is 174 Å². The van der Waals surface area contributed by atoms with Crippen molar-refractivity contribution in [1.82, 2.24) is 15.0 Å². The second-order valence-electron chi connectivity index (χ2n) is 7.50. The zero-order valence-corrected chi connectivity index (χ0v) is 16.9. The van der Waals surface area contributed by atoms with Gasteiger partial charge in [0, 0.05) is 5.41 Å². The number of nitrogens with zero attached hydrogens (tertiary/aromatic N) is 3. The van der Waals surface area contributed by atoms with Gasteiger partial charge in [-0.1, -0.05) is 37.3 Å². The van der Waals surface area contributed by atoms with Crippen LogP contribution in [0.5, 0.6) is 5.75 Å². The number of carbonyl (C=O) groups is 1. The molecule has 6 nitrogen and oxygen atoms in total. The molecule has 2 heterocycles. The molecule has 30 heavy (non-hydrogen) atoms. The van der Waals surface area contributed by atoms with Gasteiger partial charge < -0.3 is 10.1 Å². The van der Waals surface area contributed by atoms with E-state index in [1.165, 1.54) is 12.1 Å². The zero-order chi connectivity index (χ0) is 21.1. The van der Waals surface area contributed by atoms with Crippen molar-refractivity contribution in [3.05, 3.63) is 77.8 Å². The molecule has 2 atom stereocenters. The molecule has 4 rings (SSSR count). The first-order valence-corrected chi connectivity index (χ1v) is 9.95. The number of halogens is 1. The second kappa shape index (κ2) is 8.18. The molecule has 7 heteroatoms. The minimum atomic E-state index is -0.446. The summed E-state index contributed by atoms with van der Waals surface area (Å²) in [7, 11) is 0. The number of hydrogen-bond acceptors (Lipinski definition) is 5. The average Bonchev–Trinajstić information content (AvgIpc) is 3.51. The number of hydrogen-bond donors (Lipinski definition) is 1. The molecule has 1 aromatic carbocycles. The molecule has 1 aliphatic carbocycles. The molecular weight excluding hydrogens is 383 g/mol. The number of rotatable bonds is 7. The average molecular weight is 406 g/mol. The number of nitrogens with one attached hydrogen (secondary N) is 1. The molecule has 1 aliphatic rings. The Balaban J connectivity index is 1.54. The third-order valence-electron chi connectivity index (χ3n) is 5.49. The summed E-state index contributed by atoms with van der Waals surface area (Å²) >= 11 is 0. The first-order chi connectivity index (χ1) is 14.5. The molecule has 0 unspecified atom stereocenters. The summed E-state index contributed by atoms with van der Waals surface area (Å²) in [6, 6.07) is 12.6. The summed E-state index contributed by atoms with van der Waals surface area (Å²) in [6.45, 7) is 4.20. The Bertz CT molecular complexity index is 1040. The van der Waals surface area contributed by atoms with Gasteiger partial charge in [-0.3, -0.25) is 4.79 Å². The van der Waals surface area contributed by atoms with Crippen molar-refractivity contribution in [2.45, 2.75) is 32.1 Å². The summed E-state index contributed by atoms with van der Waals surface area (Å²) in [5.74, 6) is 0.799. The van der Waals surface area contributed by atoms with Gasteiger partial charge in [-0.05, 0) is 37.5 Å². The van der Waals surface area contributed by atoms with Crippen molar-refractivity contribution in [3.8, 4) is 5.75 Å². The van der Waals surface area contributed by atoms with Crippen LogP contribution < -0.4 is 10.1 Å². The number of ether oxygens (including phenoxy) is 1. The van der Waals surface area contributed by atoms with Crippen LogP contribution in [0.25, 0.3) is 0 Å². The van der Waals surface area contributed by atoms with E-state index in [9.17, 15) is 9.18 Å². The highest BCUT2D eigenvalue weighted by Crippen LogP contribution is 2.55. The van der Waals surface area contributed by atoms with Gasteiger partial charge in [0.15, 0.2) is 5.75 Å². The number of carbonyl (C=O) groups excluding carboxylic acids is 1. The third-order valence-corrected chi connectivity index (χ3v) is 5.49. The lowest BCUT2D eigenvalue weighted by molar-refractivity contribution is -0.117. The highest BCUT2D eigenvalue weighted by atomic mass is 19.1. The summed E-state index contributed by atoms with van der Waals surface area (Å²) in [5.41, 5.74) is 1.45. The van der Waals surface area contributed by atoms with Gasteiger partial charge in [-0.15, -0.1) is 0 Å². The molecule has 1 fully saturated rings. The first kappa shape index (κ1) is 19.9. The molecule has 0 saturated heterocycles. The summed E-state index contributed by atoms with van der Waals surface area (Å²) in [5, 5.41) is 2.79. The normalized spacial score (nSPS) is 19.9. The predicted molar refractivity (Wildman–Crippen MR) is 111 cm³/mol. The maximum atomic E-state index is 13.1. The van der Waals surface area contributed by atoms with E-state index < -0.39 is 11.2 Å². The van der Waals surface area contributed by atoms with Crippen LogP contribution in [0.1, 0.15) is 30.4 Å². The largest absolute Gasteiger partial charge is 0.489 e. The van der Waals surface area contributed by atoms with E-state index in [4.69, 9.17) is 4.74 Å². The van der Waals surface area contributed by atoms with Gasteiger partial charge in [0.05, 0.1) is 30.6 Å². The van der Waals surface area contributed by atoms with Gasteiger partial charge >= 0.3 is 0 Å². The van der Waals surface area contributed by atoms with Crippen LogP contribution in [0.15, 0.2) is 54.9 Å². The lowest BCUT2D eigenvalue weighted by Gasteiger charge is -2.20. The Kier molecular flexibility index (Phi) is 5.44. The first-order valence-electron chi connectivity index (χ1n) is 9.95. The smallest absolute Gasteiger partial charge is 0.229 e. The highest BCUT2D eigenvalue weighted by Gasteiger charge is 2.60. The number of pyridine rings is 1. The van der Waals surface area contributed by atoms with Crippen molar-refractivity contribution < 1.29 is 13.9 Å². The zero-order valence-electron chi connectivity index (χ0n) is 16.9. The SMILES string of the molecule is CCc1nc(C)ncc1OC[C@@]1(c2ccccc2)C[C@H]1C(=O)Nc1ccc(F)cn1. The van der Waals surface area contributed by atoms with E-state index in [0.717, 1.165) is 23.9 Å². The number of benzene rings is 1. The quantitative estimate of drug-likeness (QED) is 0.645. The molecule has 3 aromatic rings. The third kappa shape index (κ3) is 4.01. The summed E-state index contributed by atoms with van der Waals surface area (Å²) in [4.78, 5) is 25.5. The van der Waals surface area contributed by atoms with E-state index in [0.29, 0.717) is 30.4 Å². The molecule has 2 aromatic heterocycles. The second-order valence-corrected chi connectivity index (χ2v) is 7.50. The Morgan fingerprint density at radius 3 is 2.70 bits per heavy atom. The Morgan fingerprint density at radius 2 is 2.00 bits per heavy atom. The number of amides is 1. The molecular formula is C23H23FN4O2. The van der Waals surface area contributed by atoms with Crippen molar-refractivity contribution in [2.24, 2.45) is 5.92 Å². The van der Waals surface area contributed by atoms with E-state index >= 15 is 0 Å². The fraction of sp³-hybridized carbons (Fsp3) is 0.304. The van der Waals surface area contributed by atoms with Crippen molar-refractivity contribution >= 4 is 11.7 Å². The molecule has 154 valence electrons. The molecule has 0 radical (unpaired) electrons. The van der Waals surface area contributed by atoms with Crippen LogP contribution in [0, 0.1) is 18.7 Å². The number of aromatic nitrogens is 3. The predicted octanol–water partition coefficient (Wildman–Crippen LogP) is 3.86. The van der Waals surface area contributed by atoms with Crippen molar-refractivity contribution in [1.29, 1.82) is 0 Å². The van der Waals surface area contributed by atoms with E-state index in [2.05, 4.69) is 20.3 Å². The van der Waals surface area contributed by atoms with Crippen LogP contribution >= 0.6 is 0 Å². The van der Waals surface area contributed by atoms with Crippen LogP contribution in [0.2, 0.25) is 0 Å². The fourth-order valence-electron chi connectivity index (χ4n) is 3.73. The number of anilines is 1. The summed E-state index contributed by atoms with van der Waals surface area (Å²) < 4.78 is 19.2. The minimum absolute atomic E-state index is 0.155. The molecule has 0 aliphatic heterocycles. The van der Waals surface area contributed by atoms with Gasteiger partial charge in [0.25, 0.3) is 0 Å². The van der Waals surface area contributed by atoms with Crippen LogP contribution in [-0.2, 0) is 16.6 Å². The van der Waals surface area contributed by atoms with Gasteiger partial charge in [0.1, 0.15) is 17.5 Å². The molecule has 1 N–H and O–H groups in total. The minimum Gasteiger partial charge on any atom is -0.489 e. The lowest BCUT2D eigenvalue weighted by atomic mass is 9.93. The van der Waals surface area contributed by atoms with Gasteiger partial charge in [0.2, 0.25) is 5.91 Å². The maximum Gasteiger partial charge on any atom is 0.229 e. The van der Waals surface area contributed by atoms with E-state index in [1.54, 1.807) is 6.20 Å². The molecule has 0 spiro atoms. The van der Waals surface area contributed by atoms with Gasteiger partial charge in [-0.2, -0.15) is 0 Å². The Hall–Kier alpha value is -3.35. The van der Waals surface area contributed by atoms with E-state index in [1.807, 2.05) is 44.2 Å². The van der Waals surface area contributed by atoms with Crippen LogP contribution in [0.4, 0.5) is 10.2 Å². The van der Waals surface area contributed by atoms with Crippen LogP contribution in [-0.4, -0.2) is 27.5 Å². The fourth-order valence-corrected chi connectivity index (χ4v) is 3.73. The van der Waals surface area contributed by atoms with Crippen LogP contribution in [0.3, 0.4) is 0 Å². The molecule has 1 saturated carbocycles. The lowest BCUT2D eigenvalue weighted by Crippen LogP contribution is -2.27. The van der Waals surface area contributed by atoms with E-state index in [-0.39, 0.29) is 11.8 Å². The van der Waals surface area contributed by atoms with Gasteiger partial charge in [-0.25, -0.2) is 19.3 Å². The maximum absolute atomic E-state index is 13.1. The molecule has 1 amide bonds. The monoisotopic (exact) mass is 406 g/mol. The number of aryl methyl sites for hydroxylation is 2. The Morgan fingerprint density at radius 1 is 1.20 bits per heavy atom. The molecule has 0 bridgehead atoms. The highest BCUT2D eigenvalue weighted by molar-refractivity contribution is 5.95.